The van der Waals surface area contributed by atoms with E-state index in [1.165, 1.54) is 12.8 Å². The zero-order valence-corrected chi connectivity index (χ0v) is 13.8. The molecule has 2 rings (SSSR count). The van der Waals surface area contributed by atoms with Crippen molar-refractivity contribution in [2.75, 3.05) is 27.2 Å². The molecule has 0 aliphatic carbocycles. The number of methoxy groups -OCH3 is 1. The third kappa shape index (κ3) is 3.15. The lowest BCUT2D eigenvalue weighted by molar-refractivity contribution is 0.317. The Kier molecular flexibility index (Phi) is 5.05. The Morgan fingerprint density at radius 2 is 2.30 bits per heavy atom. The highest BCUT2D eigenvalue weighted by Crippen LogP contribution is 2.35. The summed E-state index contributed by atoms with van der Waals surface area (Å²) in [5, 5.41) is 10.1. The Morgan fingerprint density at radius 3 is 2.90 bits per heavy atom. The molecular formula is C15H21BrN2O2. The maximum Gasteiger partial charge on any atom is 0.145 e. The van der Waals surface area contributed by atoms with Gasteiger partial charge in [-0.05, 0) is 61.4 Å². The number of phenolic OH excluding ortho intramolecular Hbond substituents is 1. The van der Waals surface area contributed by atoms with Gasteiger partial charge in [0.15, 0.2) is 0 Å². The van der Waals surface area contributed by atoms with Crippen LogP contribution >= 0.6 is 15.9 Å². The molecule has 0 aromatic heterocycles. The molecule has 0 radical (unpaired) electrons. The summed E-state index contributed by atoms with van der Waals surface area (Å²) >= 11 is 3.44. The minimum Gasteiger partial charge on any atom is -0.507 e. The summed E-state index contributed by atoms with van der Waals surface area (Å²) in [6, 6.07) is 3.93. The van der Waals surface area contributed by atoms with Gasteiger partial charge in [-0.2, -0.15) is 0 Å². The number of aliphatic imine (C=N–C) groups is 1. The molecule has 1 aromatic carbocycles. The Hall–Kier alpha value is -1.07. The first-order valence-corrected chi connectivity index (χ1v) is 7.61. The van der Waals surface area contributed by atoms with Gasteiger partial charge >= 0.3 is 0 Å². The van der Waals surface area contributed by atoms with Crippen LogP contribution in [-0.2, 0) is 0 Å². The van der Waals surface area contributed by atoms with Gasteiger partial charge in [0, 0.05) is 11.8 Å². The molecule has 0 amide bonds. The molecule has 5 heteroatoms. The molecule has 110 valence electrons. The lowest BCUT2D eigenvalue weighted by atomic mass is 10.1. The van der Waals surface area contributed by atoms with E-state index in [4.69, 9.17) is 4.74 Å². The van der Waals surface area contributed by atoms with Crippen molar-refractivity contribution in [3.63, 3.8) is 0 Å². The largest absolute Gasteiger partial charge is 0.507 e. The van der Waals surface area contributed by atoms with Gasteiger partial charge in [0.05, 0.1) is 23.7 Å². The molecule has 0 saturated carbocycles. The number of likely N-dealkylation sites (N-methyl/N-ethyl adjacent to an activating group) is 1. The van der Waals surface area contributed by atoms with Gasteiger partial charge in [-0.15, -0.1) is 0 Å². The fourth-order valence-corrected chi connectivity index (χ4v) is 3.12. The number of ether oxygens (including phenoxy) is 1. The molecule has 1 aromatic rings. The summed E-state index contributed by atoms with van der Waals surface area (Å²) in [5.74, 6) is 0.831. The number of phenols is 1. The van der Waals surface area contributed by atoms with Gasteiger partial charge < -0.3 is 14.7 Å². The van der Waals surface area contributed by atoms with Crippen LogP contribution in [0.15, 0.2) is 21.6 Å². The molecular weight excluding hydrogens is 320 g/mol. The summed E-state index contributed by atoms with van der Waals surface area (Å²) < 4.78 is 6.19. The summed E-state index contributed by atoms with van der Waals surface area (Å²) in [4.78, 5) is 6.99. The van der Waals surface area contributed by atoms with E-state index < -0.39 is 0 Å². The Morgan fingerprint density at radius 1 is 1.55 bits per heavy atom. The zero-order valence-electron chi connectivity index (χ0n) is 12.2. The van der Waals surface area contributed by atoms with Crippen molar-refractivity contribution in [1.29, 1.82) is 0 Å². The van der Waals surface area contributed by atoms with Crippen LogP contribution in [-0.4, -0.2) is 49.0 Å². The van der Waals surface area contributed by atoms with Crippen LogP contribution in [0.4, 0.5) is 0 Å². The molecule has 1 aliphatic rings. The average Bonchev–Trinajstić information content (AvgIpc) is 2.83. The van der Waals surface area contributed by atoms with Crippen LogP contribution in [0.5, 0.6) is 11.5 Å². The van der Waals surface area contributed by atoms with E-state index in [-0.39, 0.29) is 5.75 Å². The molecule has 0 spiro atoms. The van der Waals surface area contributed by atoms with E-state index in [1.54, 1.807) is 19.2 Å². The second-order valence-corrected chi connectivity index (χ2v) is 6.03. The Balaban J connectivity index is 2.24. The van der Waals surface area contributed by atoms with E-state index in [9.17, 15) is 5.11 Å². The maximum atomic E-state index is 10.1. The number of benzene rings is 1. The van der Waals surface area contributed by atoms with Crippen LogP contribution in [0.1, 0.15) is 25.3 Å². The summed E-state index contributed by atoms with van der Waals surface area (Å²) in [6.07, 6.45) is 2.43. The van der Waals surface area contributed by atoms with Gasteiger partial charge in [0.25, 0.3) is 0 Å². The molecule has 20 heavy (non-hydrogen) atoms. The highest BCUT2D eigenvalue weighted by atomic mass is 79.9. The molecule has 1 heterocycles. The first-order chi connectivity index (χ1) is 9.54. The van der Waals surface area contributed by atoms with E-state index >= 15 is 0 Å². The van der Waals surface area contributed by atoms with E-state index in [0.717, 1.165) is 23.3 Å². The maximum absolute atomic E-state index is 10.1. The SMILES string of the molecule is COc1c(Br)ccc(O)c1C(C)=NCC1CCCN1C. The number of likely N-dealkylation sites (tertiary alicyclic amines) is 1. The molecule has 1 aliphatic heterocycles. The van der Waals surface area contributed by atoms with Gasteiger partial charge in [-0.1, -0.05) is 0 Å². The number of halogens is 1. The van der Waals surface area contributed by atoms with Gasteiger partial charge in [-0.25, -0.2) is 0 Å². The van der Waals surface area contributed by atoms with E-state index in [1.807, 2.05) is 6.92 Å². The Labute approximate surface area is 128 Å². The molecule has 4 nitrogen and oxygen atoms in total. The molecule has 1 fully saturated rings. The fraction of sp³-hybridized carbons (Fsp3) is 0.533. The van der Waals surface area contributed by atoms with Gasteiger partial charge in [0.1, 0.15) is 11.5 Å². The van der Waals surface area contributed by atoms with Crippen molar-refractivity contribution in [2.45, 2.75) is 25.8 Å². The van der Waals surface area contributed by atoms with E-state index in [0.29, 0.717) is 17.4 Å². The minimum atomic E-state index is 0.200. The quantitative estimate of drug-likeness (QED) is 0.856. The summed E-state index contributed by atoms with van der Waals surface area (Å²) in [5.41, 5.74) is 1.48. The molecule has 1 unspecified atom stereocenters. The number of nitrogens with zero attached hydrogens (tertiary/aromatic N) is 2. The van der Waals surface area contributed by atoms with Crippen molar-refractivity contribution in [3.05, 3.63) is 22.2 Å². The standard InChI is InChI=1S/C15H21BrN2O2/c1-10(17-9-11-5-4-8-18(11)2)14-13(19)7-6-12(16)15(14)20-3/h6-7,11,19H,4-5,8-9H2,1-3H3. The van der Waals surface area contributed by atoms with Crippen LogP contribution in [0.3, 0.4) is 0 Å². The lowest BCUT2D eigenvalue weighted by Gasteiger charge is -2.18. The topological polar surface area (TPSA) is 45.1 Å². The third-order valence-corrected chi connectivity index (χ3v) is 4.49. The normalized spacial score (nSPS) is 20.4. The summed E-state index contributed by atoms with van der Waals surface area (Å²) in [7, 11) is 3.74. The second kappa shape index (κ2) is 6.59. The Bertz CT molecular complexity index is 517. The fourth-order valence-electron chi connectivity index (χ4n) is 2.63. The van der Waals surface area contributed by atoms with Gasteiger partial charge in [0.2, 0.25) is 0 Å². The predicted octanol–water partition coefficient (Wildman–Crippen LogP) is 3.07. The monoisotopic (exact) mass is 340 g/mol. The highest BCUT2D eigenvalue weighted by molar-refractivity contribution is 9.10. The summed E-state index contributed by atoms with van der Waals surface area (Å²) in [6.45, 7) is 3.82. The third-order valence-electron chi connectivity index (χ3n) is 3.86. The average molecular weight is 341 g/mol. The smallest absolute Gasteiger partial charge is 0.145 e. The van der Waals surface area contributed by atoms with Crippen LogP contribution in [0.25, 0.3) is 0 Å². The number of hydrogen-bond donors (Lipinski definition) is 1. The van der Waals surface area contributed by atoms with Crippen molar-refractivity contribution in [2.24, 2.45) is 4.99 Å². The van der Waals surface area contributed by atoms with Crippen LogP contribution < -0.4 is 4.74 Å². The van der Waals surface area contributed by atoms with Crippen molar-refractivity contribution >= 4 is 21.6 Å². The first-order valence-electron chi connectivity index (χ1n) is 6.81. The predicted molar refractivity (Wildman–Crippen MR) is 85.1 cm³/mol. The molecule has 1 atom stereocenters. The molecule has 0 bridgehead atoms. The van der Waals surface area contributed by atoms with Crippen LogP contribution in [0.2, 0.25) is 0 Å². The molecule has 1 saturated heterocycles. The zero-order chi connectivity index (χ0) is 14.7. The van der Waals surface area contributed by atoms with E-state index in [2.05, 4.69) is 32.9 Å². The minimum absolute atomic E-state index is 0.200. The van der Waals surface area contributed by atoms with Crippen LogP contribution in [0, 0.1) is 0 Å². The number of hydrogen-bond acceptors (Lipinski definition) is 4. The van der Waals surface area contributed by atoms with Gasteiger partial charge in [-0.3, -0.25) is 4.99 Å². The number of aromatic hydroxyl groups is 1. The number of rotatable bonds is 4. The first kappa shape index (κ1) is 15.3. The second-order valence-electron chi connectivity index (χ2n) is 5.18. The van der Waals surface area contributed by atoms with Crippen molar-refractivity contribution in [1.82, 2.24) is 4.90 Å². The van der Waals surface area contributed by atoms with Crippen molar-refractivity contribution < 1.29 is 9.84 Å². The van der Waals surface area contributed by atoms with Crippen molar-refractivity contribution in [3.8, 4) is 11.5 Å². The molecule has 1 N–H and O–H groups in total. The lowest BCUT2D eigenvalue weighted by Crippen LogP contribution is -2.27. The highest BCUT2D eigenvalue weighted by Gasteiger charge is 2.21.